The van der Waals surface area contributed by atoms with Gasteiger partial charge in [-0.05, 0) is 32.3 Å². The van der Waals surface area contributed by atoms with Crippen LogP contribution in [0.5, 0.6) is 0 Å². The molecule has 1 aromatic heterocycles. The molecule has 1 unspecified atom stereocenters. The molecule has 1 atom stereocenters. The summed E-state index contributed by atoms with van der Waals surface area (Å²) >= 11 is 5.82. The molecule has 0 bridgehead atoms. The molecule has 0 aromatic carbocycles. The number of rotatable bonds is 4. The normalized spacial score (nSPS) is 13.2. The zero-order valence-corrected chi connectivity index (χ0v) is 8.38. The highest BCUT2D eigenvalue weighted by Crippen LogP contribution is 2.07. The summed E-state index contributed by atoms with van der Waals surface area (Å²) in [5, 5.41) is 4.57. The van der Waals surface area contributed by atoms with E-state index in [1.165, 1.54) is 0 Å². The van der Waals surface area contributed by atoms with Crippen LogP contribution >= 0.6 is 11.6 Å². The average molecular weight is 187 g/mol. The first-order chi connectivity index (χ1) is 5.68. The number of hydrogen-bond donors (Lipinski definition) is 0. The SMILES string of the molecule is CC(Cl)CCCc1ccn(C)n1. The first-order valence-electron chi connectivity index (χ1n) is 4.31. The minimum Gasteiger partial charge on any atom is -0.276 e. The highest BCUT2D eigenvalue weighted by atomic mass is 35.5. The van der Waals surface area contributed by atoms with E-state index in [1.807, 2.05) is 24.9 Å². The highest BCUT2D eigenvalue weighted by Gasteiger charge is 1.99. The fraction of sp³-hybridized carbons (Fsp3) is 0.667. The predicted molar refractivity (Wildman–Crippen MR) is 51.5 cm³/mol. The number of alkyl halides is 1. The smallest absolute Gasteiger partial charge is 0.0624 e. The second-order valence-corrected chi connectivity index (χ2v) is 3.90. The lowest BCUT2D eigenvalue weighted by Gasteiger charge is -1.99. The molecular formula is C9H15ClN2. The first kappa shape index (κ1) is 9.59. The van der Waals surface area contributed by atoms with Gasteiger partial charge in [-0.2, -0.15) is 5.10 Å². The van der Waals surface area contributed by atoms with Gasteiger partial charge in [0.05, 0.1) is 5.69 Å². The summed E-state index contributed by atoms with van der Waals surface area (Å²) < 4.78 is 1.83. The van der Waals surface area contributed by atoms with Crippen molar-refractivity contribution in [3.05, 3.63) is 18.0 Å². The van der Waals surface area contributed by atoms with Crippen LogP contribution in [0.2, 0.25) is 0 Å². The third kappa shape index (κ3) is 3.26. The van der Waals surface area contributed by atoms with E-state index in [-0.39, 0.29) is 5.38 Å². The molecule has 0 saturated carbocycles. The van der Waals surface area contributed by atoms with Crippen molar-refractivity contribution in [2.75, 3.05) is 0 Å². The number of aromatic nitrogens is 2. The van der Waals surface area contributed by atoms with Gasteiger partial charge in [-0.1, -0.05) is 0 Å². The van der Waals surface area contributed by atoms with Gasteiger partial charge in [0.2, 0.25) is 0 Å². The summed E-state index contributed by atoms with van der Waals surface area (Å²) in [6.45, 7) is 2.03. The maximum atomic E-state index is 5.82. The largest absolute Gasteiger partial charge is 0.276 e. The van der Waals surface area contributed by atoms with Crippen LogP contribution in [0.15, 0.2) is 12.3 Å². The van der Waals surface area contributed by atoms with Gasteiger partial charge in [0, 0.05) is 18.6 Å². The molecule has 1 aromatic rings. The van der Waals surface area contributed by atoms with Crippen molar-refractivity contribution in [1.82, 2.24) is 9.78 Å². The summed E-state index contributed by atoms with van der Waals surface area (Å²) in [5.74, 6) is 0. The van der Waals surface area contributed by atoms with E-state index in [2.05, 4.69) is 11.2 Å². The lowest BCUT2D eigenvalue weighted by atomic mass is 10.1. The van der Waals surface area contributed by atoms with E-state index in [9.17, 15) is 0 Å². The molecule has 68 valence electrons. The second kappa shape index (κ2) is 4.51. The Morgan fingerprint density at radius 3 is 2.92 bits per heavy atom. The monoisotopic (exact) mass is 186 g/mol. The molecule has 0 fully saturated rings. The second-order valence-electron chi connectivity index (χ2n) is 3.15. The maximum Gasteiger partial charge on any atom is 0.0624 e. The van der Waals surface area contributed by atoms with Crippen LogP contribution in [0.3, 0.4) is 0 Å². The Morgan fingerprint density at radius 1 is 1.67 bits per heavy atom. The molecule has 0 N–H and O–H groups in total. The molecule has 3 heteroatoms. The lowest BCUT2D eigenvalue weighted by molar-refractivity contribution is 0.686. The number of nitrogens with zero attached hydrogens (tertiary/aromatic N) is 2. The molecule has 12 heavy (non-hydrogen) atoms. The van der Waals surface area contributed by atoms with Crippen LogP contribution in [0.25, 0.3) is 0 Å². The highest BCUT2D eigenvalue weighted by molar-refractivity contribution is 6.20. The molecule has 0 spiro atoms. The third-order valence-electron chi connectivity index (χ3n) is 1.80. The van der Waals surface area contributed by atoms with Gasteiger partial charge in [0.25, 0.3) is 0 Å². The first-order valence-corrected chi connectivity index (χ1v) is 4.74. The summed E-state index contributed by atoms with van der Waals surface area (Å²) in [7, 11) is 1.94. The number of aryl methyl sites for hydroxylation is 2. The minimum absolute atomic E-state index is 0.286. The lowest BCUT2D eigenvalue weighted by Crippen LogP contribution is -1.95. The third-order valence-corrected chi connectivity index (χ3v) is 2.02. The standard InChI is InChI=1S/C9H15ClN2/c1-8(10)4-3-5-9-6-7-12(2)11-9/h6-8H,3-5H2,1-2H3. The minimum atomic E-state index is 0.286. The van der Waals surface area contributed by atoms with Gasteiger partial charge in [-0.15, -0.1) is 11.6 Å². The Bertz CT molecular complexity index is 230. The molecule has 1 rings (SSSR count). The zero-order chi connectivity index (χ0) is 8.97. The summed E-state index contributed by atoms with van der Waals surface area (Å²) in [6.07, 6.45) is 5.21. The van der Waals surface area contributed by atoms with Gasteiger partial charge in [0.1, 0.15) is 0 Å². The van der Waals surface area contributed by atoms with Crippen molar-refractivity contribution >= 4 is 11.6 Å². The van der Waals surface area contributed by atoms with Gasteiger partial charge in [-0.3, -0.25) is 4.68 Å². The van der Waals surface area contributed by atoms with Gasteiger partial charge < -0.3 is 0 Å². The van der Waals surface area contributed by atoms with Gasteiger partial charge in [-0.25, -0.2) is 0 Å². The Hall–Kier alpha value is -0.500. The summed E-state index contributed by atoms with van der Waals surface area (Å²) in [4.78, 5) is 0. The van der Waals surface area contributed by atoms with Crippen molar-refractivity contribution < 1.29 is 0 Å². The summed E-state index contributed by atoms with van der Waals surface area (Å²) in [6, 6.07) is 2.05. The van der Waals surface area contributed by atoms with E-state index >= 15 is 0 Å². The molecule has 0 radical (unpaired) electrons. The topological polar surface area (TPSA) is 17.8 Å². The molecule has 2 nitrogen and oxygen atoms in total. The molecular weight excluding hydrogens is 172 g/mol. The fourth-order valence-corrected chi connectivity index (χ4v) is 1.32. The average Bonchev–Trinajstić information content (AvgIpc) is 2.35. The molecule has 0 saturated heterocycles. The predicted octanol–water partition coefficient (Wildman–Crippen LogP) is 2.37. The van der Waals surface area contributed by atoms with Crippen LogP contribution < -0.4 is 0 Å². The Kier molecular flexibility index (Phi) is 3.60. The Morgan fingerprint density at radius 2 is 2.42 bits per heavy atom. The van der Waals surface area contributed by atoms with Crippen LogP contribution in [-0.4, -0.2) is 15.2 Å². The Balaban J connectivity index is 2.24. The number of hydrogen-bond acceptors (Lipinski definition) is 1. The van der Waals surface area contributed by atoms with Crippen molar-refractivity contribution in [3.8, 4) is 0 Å². The van der Waals surface area contributed by atoms with Gasteiger partial charge >= 0.3 is 0 Å². The number of halogens is 1. The molecule has 0 aliphatic heterocycles. The molecule has 0 amide bonds. The van der Waals surface area contributed by atoms with E-state index < -0.39 is 0 Å². The van der Waals surface area contributed by atoms with E-state index in [0.29, 0.717) is 0 Å². The molecule has 1 heterocycles. The Labute approximate surface area is 78.5 Å². The zero-order valence-electron chi connectivity index (χ0n) is 7.63. The van der Waals surface area contributed by atoms with Crippen LogP contribution in [0.4, 0.5) is 0 Å². The summed E-state index contributed by atoms with van der Waals surface area (Å²) in [5.41, 5.74) is 1.16. The quantitative estimate of drug-likeness (QED) is 0.661. The molecule has 0 aliphatic carbocycles. The maximum absolute atomic E-state index is 5.82. The van der Waals surface area contributed by atoms with Crippen LogP contribution in [0, 0.1) is 0 Å². The fourth-order valence-electron chi connectivity index (χ4n) is 1.16. The van der Waals surface area contributed by atoms with Crippen LogP contribution in [-0.2, 0) is 13.5 Å². The van der Waals surface area contributed by atoms with E-state index in [4.69, 9.17) is 11.6 Å². The van der Waals surface area contributed by atoms with Crippen molar-refractivity contribution in [1.29, 1.82) is 0 Å². The van der Waals surface area contributed by atoms with Crippen molar-refractivity contribution in [3.63, 3.8) is 0 Å². The van der Waals surface area contributed by atoms with Crippen LogP contribution in [0.1, 0.15) is 25.5 Å². The van der Waals surface area contributed by atoms with E-state index in [0.717, 1.165) is 25.0 Å². The van der Waals surface area contributed by atoms with Gasteiger partial charge in [0.15, 0.2) is 0 Å². The van der Waals surface area contributed by atoms with E-state index in [1.54, 1.807) is 0 Å². The van der Waals surface area contributed by atoms with Crippen molar-refractivity contribution in [2.24, 2.45) is 7.05 Å². The molecule has 0 aliphatic rings. The van der Waals surface area contributed by atoms with Crippen molar-refractivity contribution in [2.45, 2.75) is 31.6 Å².